The van der Waals surface area contributed by atoms with Crippen LogP contribution in [-0.2, 0) is 16.1 Å². The van der Waals surface area contributed by atoms with Gasteiger partial charge in [0.1, 0.15) is 18.1 Å². The molecule has 1 N–H and O–H groups in total. The van der Waals surface area contributed by atoms with Crippen molar-refractivity contribution in [3.8, 4) is 16.9 Å². The molecule has 1 atom stereocenters. The number of carbonyl (C=O) groups is 2. The van der Waals surface area contributed by atoms with E-state index in [4.69, 9.17) is 21.1 Å². The van der Waals surface area contributed by atoms with E-state index in [0.717, 1.165) is 33.6 Å². The number of thioether (sulfide) groups is 1. The fraction of sp³-hybridized carbons (Fsp3) is 0.156. The summed E-state index contributed by atoms with van der Waals surface area (Å²) in [6.45, 7) is 2.07. The molecule has 1 aliphatic heterocycles. The summed E-state index contributed by atoms with van der Waals surface area (Å²) >= 11 is 8.24. The predicted molar refractivity (Wildman–Crippen MR) is 162 cm³/mol. The third kappa shape index (κ3) is 5.53. The first-order valence-electron chi connectivity index (χ1n) is 13.2. The molecule has 0 unspecified atom stereocenters. The molecule has 1 aliphatic rings. The van der Waals surface area contributed by atoms with Crippen molar-refractivity contribution in [3.05, 3.63) is 125 Å². The minimum absolute atomic E-state index is 0.165. The topological polar surface area (TPSA) is 80.4 Å². The average molecular weight is 583 g/mol. The third-order valence-corrected chi connectivity index (χ3v) is 8.52. The number of furan rings is 1. The molecular formula is C32H27ClN4O3S. The van der Waals surface area contributed by atoms with Gasteiger partial charge in [-0.2, -0.15) is 5.10 Å². The Morgan fingerprint density at radius 3 is 2.51 bits per heavy atom. The standard InChI is InChI=1S/C32H27ClN4O3S/c1-21-13-15-23(16-14-21)37-32-29(30(35-37)22-8-3-2-4-9-22)31(25-11-5-6-12-26(25)33)41-20-28(39)36(32)19-27(38)34-18-24-10-7-17-40-24/h2-17,31H,18-20H2,1H3,(H,34,38)/t31-/m0/s1. The highest BCUT2D eigenvalue weighted by molar-refractivity contribution is 8.00. The molecule has 41 heavy (non-hydrogen) atoms. The molecule has 2 aromatic heterocycles. The summed E-state index contributed by atoms with van der Waals surface area (Å²) in [5.74, 6) is 0.858. The van der Waals surface area contributed by atoms with Crippen molar-refractivity contribution < 1.29 is 14.0 Å². The maximum atomic E-state index is 13.8. The van der Waals surface area contributed by atoms with Crippen LogP contribution in [-0.4, -0.2) is 33.9 Å². The molecule has 206 valence electrons. The normalized spacial score (nSPS) is 14.9. The molecule has 0 fully saturated rings. The van der Waals surface area contributed by atoms with Crippen LogP contribution in [0.5, 0.6) is 0 Å². The van der Waals surface area contributed by atoms with Crippen LogP contribution in [0.2, 0.25) is 5.02 Å². The Balaban J connectivity index is 1.54. The molecule has 0 aliphatic carbocycles. The van der Waals surface area contributed by atoms with Gasteiger partial charge in [0.2, 0.25) is 11.8 Å². The van der Waals surface area contributed by atoms with Crippen molar-refractivity contribution in [2.24, 2.45) is 0 Å². The van der Waals surface area contributed by atoms with Crippen molar-refractivity contribution in [2.75, 3.05) is 17.2 Å². The number of halogens is 1. The Labute approximate surface area is 247 Å². The summed E-state index contributed by atoms with van der Waals surface area (Å²) in [5.41, 5.74) is 5.24. The summed E-state index contributed by atoms with van der Waals surface area (Å²) in [6, 6.07) is 29.1. The maximum Gasteiger partial charge on any atom is 0.240 e. The smallest absolute Gasteiger partial charge is 0.240 e. The van der Waals surface area contributed by atoms with E-state index >= 15 is 0 Å². The number of aryl methyl sites for hydroxylation is 1. The van der Waals surface area contributed by atoms with Gasteiger partial charge >= 0.3 is 0 Å². The van der Waals surface area contributed by atoms with E-state index < -0.39 is 0 Å². The summed E-state index contributed by atoms with van der Waals surface area (Å²) in [6.07, 6.45) is 1.56. The number of carbonyl (C=O) groups excluding carboxylic acids is 2. The largest absolute Gasteiger partial charge is 0.467 e. The van der Waals surface area contributed by atoms with Crippen molar-refractivity contribution in [2.45, 2.75) is 18.7 Å². The van der Waals surface area contributed by atoms with Crippen LogP contribution in [0.15, 0.2) is 102 Å². The van der Waals surface area contributed by atoms with Gasteiger partial charge in [-0.1, -0.05) is 77.8 Å². The number of fused-ring (bicyclic) bond motifs is 1. The van der Waals surface area contributed by atoms with E-state index in [2.05, 4.69) is 5.32 Å². The van der Waals surface area contributed by atoms with E-state index in [0.29, 0.717) is 16.6 Å². The second kappa shape index (κ2) is 11.7. The average Bonchev–Trinajstić information content (AvgIpc) is 3.62. The van der Waals surface area contributed by atoms with Crippen LogP contribution in [0, 0.1) is 6.92 Å². The van der Waals surface area contributed by atoms with Gasteiger partial charge in [-0.05, 0) is 42.8 Å². The number of benzene rings is 3. The van der Waals surface area contributed by atoms with Crippen LogP contribution in [0.3, 0.4) is 0 Å². The van der Waals surface area contributed by atoms with Gasteiger partial charge in [-0.25, -0.2) is 4.68 Å². The van der Waals surface area contributed by atoms with Crippen molar-refractivity contribution in [3.63, 3.8) is 0 Å². The lowest BCUT2D eigenvalue weighted by Crippen LogP contribution is -2.42. The number of nitrogens with one attached hydrogen (secondary N) is 1. The zero-order valence-corrected chi connectivity index (χ0v) is 23.9. The van der Waals surface area contributed by atoms with Gasteiger partial charge in [-0.15, -0.1) is 11.8 Å². The molecule has 0 bridgehead atoms. The molecule has 7 nitrogen and oxygen atoms in total. The summed E-state index contributed by atoms with van der Waals surface area (Å²) in [7, 11) is 0. The van der Waals surface area contributed by atoms with E-state index in [1.54, 1.807) is 28.0 Å². The summed E-state index contributed by atoms with van der Waals surface area (Å²) < 4.78 is 7.14. The Morgan fingerprint density at radius 1 is 1.02 bits per heavy atom. The number of amides is 2. The van der Waals surface area contributed by atoms with Crippen LogP contribution < -0.4 is 10.2 Å². The zero-order valence-electron chi connectivity index (χ0n) is 22.3. The lowest BCUT2D eigenvalue weighted by atomic mass is 9.99. The monoisotopic (exact) mass is 582 g/mol. The zero-order chi connectivity index (χ0) is 28.3. The molecule has 9 heteroatoms. The SMILES string of the molecule is Cc1ccc(-n2nc(-c3ccccc3)c3c2N(CC(=O)NCc2ccco2)C(=O)CS[C@H]3c2ccccc2Cl)cc1. The quantitative estimate of drug-likeness (QED) is 0.234. The Morgan fingerprint density at radius 2 is 1.78 bits per heavy atom. The van der Waals surface area contributed by atoms with Gasteiger partial charge in [0.25, 0.3) is 0 Å². The van der Waals surface area contributed by atoms with E-state index in [-0.39, 0.29) is 35.9 Å². The van der Waals surface area contributed by atoms with Crippen LogP contribution >= 0.6 is 23.4 Å². The Bertz CT molecular complexity index is 1680. The Hall–Kier alpha value is -4.27. The fourth-order valence-corrected chi connectivity index (χ4v) is 6.47. The molecule has 3 heterocycles. The van der Waals surface area contributed by atoms with Gasteiger partial charge in [0.15, 0.2) is 0 Å². The molecule has 0 saturated carbocycles. The highest BCUT2D eigenvalue weighted by Crippen LogP contribution is 2.49. The first kappa shape index (κ1) is 26.9. The summed E-state index contributed by atoms with van der Waals surface area (Å²) in [5, 5.41) is 8.29. The number of aromatic nitrogens is 2. The van der Waals surface area contributed by atoms with Crippen LogP contribution in [0.1, 0.15) is 27.7 Å². The number of hydrogen-bond donors (Lipinski definition) is 1. The van der Waals surface area contributed by atoms with Crippen LogP contribution in [0.25, 0.3) is 16.9 Å². The van der Waals surface area contributed by atoms with Gasteiger partial charge in [0, 0.05) is 16.1 Å². The molecule has 2 amide bonds. The fourth-order valence-electron chi connectivity index (χ4n) is 4.93. The van der Waals surface area contributed by atoms with Gasteiger partial charge in [0.05, 0.1) is 35.2 Å². The number of rotatable bonds is 7. The molecular weight excluding hydrogens is 556 g/mol. The van der Waals surface area contributed by atoms with E-state index in [1.807, 2.05) is 85.8 Å². The molecule has 3 aromatic carbocycles. The van der Waals surface area contributed by atoms with E-state index in [1.165, 1.54) is 11.8 Å². The molecule has 0 spiro atoms. The second-order valence-electron chi connectivity index (χ2n) is 9.75. The minimum Gasteiger partial charge on any atom is -0.467 e. The highest BCUT2D eigenvalue weighted by Gasteiger charge is 2.38. The predicted octanol–water partition coefficient (Wildman–Crippen LogP) is 6.58. The minimum atomic E-state index is -0.306. The highest BCUT2D eigenvalue weighted by atomic mass is 35.5. The first-order valence-corrected chi connectivity index (χ1v) is 14.6. The summed E-state index contributed by atoms with van der Waals surface area (Å²) in [4.78, 5) is 28.6. The first-order chi connectivity index (χ1) is 20.0. The van der Waals surface area contributed by atoms with Crippen molar-refractivity contribution in [1.82, 2.24) is 15.1 Å². The lowest BCUT2D eigenvalue weighted by molar-refractivity contribution is -0.123. The number of anilines is 1. The Kier molecular flexibility index (Phi) is 7.67. The molecule has 6 rings (SSSR count). The van der Waals surface area contributed by atoms with Crippen LogP contribution in [0.4, 0.5) is 5.82 Å². The third-order valence-electron chi connectivity index (χ3n) is 6.94. The van der Waals surface area contributed by atoms with Gasteiger partial charge in [-0.3, -0.25) is 14.5 Å². The number of hydrogen-bond acceptors (Lipinski definition) is 5. The molecule has 0 saturated heterocycles. The maximum absolute atomic E-state index is 13.8. The second-order valence-corrected chi connectivity index (χ2v) is 11.2. The molecule has 5 aromatic rings. The lowest BCUT2D eigenvalue weighted by Gasteiger charge is -2.23. The van der Waals surface area contributed by atoms with Crippen molar-refractivity contribution in [1.29, 1.82) is 0 Å². The molecule has 0 radical (unpaired) electrons. The van der Waals surface area contributed by atoms with Crippen molar-refractivity contribution >= 4 is 41.0 Å². The van der Waals surface area contributed by atoms with Gasteiger partial charge < -0.3 is 9.73 Å². The van der Waals surface area contributed by atoms with E-state index in [9.17, 15) is 9.59 Å². The number of nitrogens with zero attached hydrogens (tertiary/aromatic N) is 3.